The molecule has 0 aliphatic heterocycles. The van der Waals surface area contributed by atoms with Gasteiger partial charge in [0.1, 0.15) is 0 Å². The Morgan fingerprint density at radius 1 is 1.10 bits per heavy atom. The molecule has 21 heavy (non-hydrogen) atoms. The molecule has 2 rings (SSSR count). The van der Waals surface area contributed by atoms with Crippen LogP contribution in [0.4, 0.5) is 0 Å². The molecule has 1 aromatic carbocycles. The number of para-hydroxylation sites is 1. The van der Waals surface area contributed by atoms with E-state index in [9.17, 15) is 5.11 Å². The molecule has 0 amide bonds. The lowest BCUT2D eigenvalue weighted by Crippen LogP contribution is -2.19. The highest BCUT2D eigenvalue weighted by Crippen LogP contribution is 2.27. The van der Waals surface area contributed by atoms with Crippen molar-refractivity contribution in [2.24, 2.45) is 11.3 Å². The summed E-state index contributed by atoms with van der Waals surface area (Å²) < 4.78 is 0. The zero-order valence-electron chi connectivity index (χ0n) is 13.6. The van der Waals surface area contributed by atoms with Crippen LogP contribution in [0.15, 0.2) is 36.4 Å². The third-order valence-corrected chi connectivity index (χ3v) is 3.74. The minimum atomic E-state index is -0.309. The number of aromatic nitrogens is 1. The van der Waals surface area contributed by atoms with E-state index in [1.807, 2.05) is 24.3 Å². The first-order valence-corrected chi connectivity index (χ1v) is 7.86. The van der Waals surface area contributed by atoms with E-state index in [1.165, 1.54) is 0 Å². The van der Waals surface area contributed by atoms with Crippen LogP contribution in [0.3, 0.4) is 0 Å². The van der Waals surface area contributed by atoms with Gasteiger partial charge in [-0.2, -0.15) is 0 Å². The average molecular weight is 285 g/mol. The molecule has 0 saturated carbocycles. The first kappa shape index (κ1) is 16.0. The van der Waals surface area contributed by atoms with E-state index in [-0.39, 0.29) is 6.10 Å². The fourth-order valence-electron chi connectivity index (χ4n) is 3.14. The van der Waals surface area contributed by atoms with Gasteiger partial charge in [-0.25, -0.2) is 0 Å². The molecule has 0 aliphatic rings. The molecule has 0 bridgehead atoms. The maximum Gasteiger partial charge on any atom is 0.0705 e. The number of hydrogen-bond donors (Lipinski definition) is 1. The summed E-state index contributed by atoms with van der Waals surface area (Å²) in [6.45, 7) is 8.98. The first-order valence-electron chi connectivity index (χ1n) is 7.86. The summed E-state index contributed by atoms with van der Waals surface area (Å²) >= 11 is 0. The molecule has 2 nitrogen and oxygen atoms in total. The van der Waals surface area contributed by atoms with Crippen LogP contribution in [0.1, 0.15) is 46.2 Å². The predicted molar refractivity (Wildman–Crippen MR) is 89.3 cm³/mol. The van der Waals surface area contributed by atoms with Crippen molar-refractivity contribution in [3.05, 3.63) is 42.1 Å². The van der Waals surface area contributed by atoms with Gasteiger partial charge < -0.3 is 5.11 Å². The summed E-state index contributed by atoms with van der Waals surface area (Å²) in [7, 11) is 0. The molecule has 2 unspecified atom stereocenters. The summed E-state index contributed by atoms with van der Waals surface area (Å²) in [6, 6.07) is 12.2. The average Bonchev–Trinajstić information content (AvgIpc) is 2.35. The van der Waals surface area contributed by atoms with Crippen molar-refractivity contribution in [2.45, 2.75) is 53.1 Å². The molecular formula is C19H27NO. The van der Waals surface area contributed by atoms with Crippen molar-refractivity contribution < 1.29 is 5.11 Å². The second kappa shape index (κ2) is 6.57. The van der Waals surface area contributed by atoms with Crippen LogP contribution < -0.4 is 0 Å². The Bertz CT molecular complexity index is 585. The number of benzene rings is 1. The molecule has 2 heteroatoms. The number of aliphatic hydroxyl groups excluding tert-OH is 1. The summed E-state index contributed by atoms with van der Waals surface area (Å²) in [5, 5.41) is 11.5. The van der Waals surface area contributed by atoms with Crippen molar-refractivity contribution in [2.75, 3.05) is 0 Å². The lowest BCUT2D eigenvalue weighted by molar-refractivity contribution is 0.132. The molecule has 0 fully saturated rings. The van der Waals surface area contributed by atoms with Gasteiger partial charge in [0.05, 0.1) is 11.6 Å². The van der Waals surface area contributed by atoms with Gasteiger partial charge in [0.15, 0.2) is 0 Å². The van der Waals surface area contributed by atoms with Gasteiger partial charge in [0, 0.05) is 17.5 Å². The van der Waals surface area contributed by atoms with Gasteiger partial charge in [-0.05, 0) is 36.3 Å². The zero-order valence-corrected chi connectivity index (χ0v) is 13.6. The van der Waals surface area contributed by atoms with Crippen molar-refractivity contribution in [3.63, 3.8) is 0 Å². The summed E-state index contributed by atoms with van der Waals surface area (Å²) in [4.78, 5) is 4.64. The van der Waals surface area contributed by atoms with E-state index in [2.05, 4.69) is 44.8 Å². The normalized spacial score (nSPS) is 15.1. The van der Waals surface area contributed by atoms with E-state index < -0.39 is 0 Å². The Balaban J connectivity index is 1.96. The summed E-state index contributed by atoms with van der Waals surface area (Å²) in [6.07, 6.45) is 2.30. The Kier molecular flexibility index (Phi) is 5.00. The van der Waals surface area contributed by atoms with E-state index in [0.717, 1.165) is 29.4 Å². The van der Waals surface area contributed by atoms with Gasteiger partial charge in [-0.15, -0.1) is 0 Å². The number of fused-ring (bicyclic) bond motifs is 1. The molecular weight excluding hydrogens is 258 g/mol. The smallest absolute Gasteiger partial charge is 0.0705 e. The van der Waals surface area contributed by atoms with Crippen molar-refractivity contribution in [1.82, 2.24) is 4.98 Å². The molecule has 2 atom stereocenters. The lowest BCUT2D eigenvalue weighted by Gasteiger charge is -2.24. The van der Waals surface area contributed by atoms with Crippen LogP contribution >= 0.6 is 0 Å². The quantitative estimate of drug-likeness (QED) is 0.871. The number of hydrogen-bond acceptors (Lipinski definition) is 2. The van der Waals surface area contributed by atoms with Crippen molar-refractivity contribution >= 4 is 10.9 Å². The third kappa shape index (κ3) is 5.13. The van der Waals surface area contributed by atoms with E-state index in [1.54, 1.807) is 0 Å². The first-order chi connectivity index (χ1) is 9.83. The predicted octanol–water partition coefficient (Wildman–Crippen LogP) is 4.60. The van der Waals surface area contributed by atoms with Crippen LogP contribution in [0, 0.1) is 11.3 Å². The second-order valence-corrected chi connectivity index (χ2v) is 7.46. The molecule has 2 aromatic rings. The minimum absolute atomic E-state index is 0.309. The Morgan fingerprint density at radius 3 is 2.52 bits per heavy atom. The molecule has 0 aliphatic carbocycles. The SMILES string of the molecule is CC(CC(O)Cc1ccc2ccccc2n1)CC(C)(C)C. The second-order valence-electron chi connectivity index (χ2n) is 7.46. The molecule has 0 spiro atoms. The van der Waals surface area contributed by atoms with Crippen LogP contribution in [-0.2, 0) is 6.42 Å². The Hall–Kier alpha value is -1.41. The third-order valence-electron chi connectivity index (χ3n) is 3.74. The van der Waals surface area contributed by atoms with Crippen molar-refractivity contribution in [1.29, 1.82) is 0 Å². The standard InChI is InChI=1S/C19H27NO/c1-14(13-19(2,3)4)11-17(21)12-16-10-9-15-7-5-6-8-18(15)20-16/h5-10,14,17,21H,11-13H2,1-4H3. The zero-order chi connectivity index (χ0) is 15.5. The van der Waals surface area contributed by atoms with Crippen LogP contribution in [0.5, 0.6) is 0 Å². The largest absolute Gasteiger partial charge is 0.393 e. The maximum atomic E-state index is 10.3. The van der Waals surface area contributed by atoms with Crippen LogP contribution in [0.25, 0.3) is 10.9 Å². The van der Waals surface area contributed by atoms with Crippen LogP contribution in [-0.4, -0.2) is 16.2 Å². The fourth-order valence-corrected chi connectivity index (χ4v) is 3.14. The van der Waals surface area contributed by atoms with Gasteiger partial charge in [0.25, 0.3) is 0 Å². The highest BCUT2D eigenvalue weighted by Gasteiger charge is 2.18. The number of nitrogens with zero attached hydrogens (tertiary/aromatic N) is 1. The highest BCUT2D eigenvalue weighted by atomic mass is 16.3. The molecule has 1 aromatic heterocycles. The molecule has 0 radical (unpaired) electrons. The number of aliphatic hydroxyl groups is 1. The monoisotopic (exact) mass is 285 g/mol. The van der Waals surface area contributed by atoms with Gasteiger partial charge in [-0.1, -0.05) is 52.0 Å². The lowest BCUT2D eigenvalue weighted by atomic mass is 9.83. The number of pyridine rings is 1. The fraction of sp³-hybridized carbons (Fsp3) is 0.526. The molecule has 1 N–H and O–H groups in total. The van der Waals surface area contributed by atoms with Gasteiger partial charge in [0.2, 0.25) is 0 Å². The van der Waals surface area contributed by atoms with Gasteiger partial charge >= 0.3 is 0 Å². The Morgan fingerprint density at radius 2 is 1.81 bits per heavy atom. The molecule has 114 valence electrons. The Labute approximate surface area is 128 Å². The summed E-state index contributed by atoms with van der Waals surface area (Å²) in [5.41, 5.74) is 2.30. The van der Waals surface area contributed by atoms with Crippen molar-refractivity contribution in [3.8, 4) is 0 Å². The van der Waals surface area contributed by atoms with E-state index in [0.29, 0.717) is 17.8 Å². The summed E-state index contributed by atoms with van der Waals surface area (Å²) in [5.74, 6) is 0.528. The maximum absolute atomic E-state index is 10.3. The van der Waals surface area contributed by atoms with Gasteiger partial charge in [-0.3, -0.25) is 4.98 Å². The molecule has 0 saturated heterocycles. The highest BCUT2D eigenvalue weighted by molar-refractivity contribution is 5.78. The topological polar surface area (TPSA) is 33.1 Å². The number of rotatable bonds is 5. The van der Waals surface area contributed by atoms with Crippen LogP contribution in [0.2, 0.25) is 0 Å². The molecule has 1 heterocycles. The van der Waals surface area contributed by atoms with E-state index >= 15 is 0 Å². The van der Waals surface area contributed by atoms with E-state index in [4.69, 9.17) is 0 Å². The minimum Gasteiger partial charge on any atom is -0.393 e.